The van der Waals surface area contributed by atoms with Gasteiger partial charge in [0.05, 0.1) is 0 Å². The van der Waals surface area contributed by atoms with Crippen LogP contribution in [-0.2, 0) is 18.0 Å². The maximum atomic E-state index is 10.9. The Hall–Kier alpha value is -0.360. The number of phosphoric ester groups is 1. The first-order valence-electron chi connectivity index (χ1n) is 3.75. The summed E-state index contributed by atoms with van der Waals surface area (Å²) in [5, 5.41) is 9.06. The second-order valence-electron chi connectivity index (χ2n) is 2.49. The molecule has 0 rings (SSSR count). The predicted octanol–water partition coefficient (Wildman–Crippen LogP) is 1.41. The largest absolute Gasteiger partial charge is 0.536 e. The molecule has 0 aromatic carbocycles. The second kappa shape index (κ2) is 5.12. The molecule has 0 aliphatic heterocycles. The first-order chi connectivity index (χ1) is 6.57. The van der Waals surface area contributed by atoms with Crippen molar-refractivity contribution in [2.24, 2.45) is 0 Å². The fourth-order valence-corrected chi connectivity index (χ4v) is 2.29. The molecule has 1 atom stereocenters. The number of rotatable bonds is 5. The summed E-state index contributed by atoms with van der Waals surface area (Å²) in [6.45, 7) is 2.71. The normalized spacial score (nSPS) is 17.9. The topological polar surface area (TPSA) is 134 Å². The highest BCUT2D eigenvalue weighted by Gasteiger charge is 2.34. The van der Waals surface area contributed by atoms with Crippen molar-refractivity contribution >= 4 is 15.6 Å². The van der Waals surface area contributed by atoms with Gasteiger partial charge in [-0.15, -0.1) is 0 Å². The van der Waals surface area contributed by atoms with E-state index >= 15 is 0 Å². The van der Waals surface area contributed by atoms with Crippen LogP contribution in [0.4, 0.5) is 0 Å². The average molecular weight is 262 g/mol. The summed E-state index contributed by atoms with van der Waals surface area (Å²) in [6.07, 6.45) is 0.141. The molecule has 0 aromatic rings. The van der Waals surface area contributed by atoms with Crippen LogP contribution in [-0.4, -0.2) is 19.8 Å². The summed E-state index contributed by atoms with van der Waals surface area (Å²) in [7, 11) is -10.0. The molecule has 90 valence electrons. The lowest BCUT2D eigenvalue weighted by atomic mass is 10.3. The molecule has 0 fully saturated rings. The third-order valence-electron chi connectivity index (χ3n) is 1.20. The van der Waals surface area contributed by atoms with Crippen LogP contribution in [0, 0.1) is 0 Å². The third-order valence-corrected chi connectivity index (χ3v) is 3.38. The molecule has 0 aromatic heterocycles. The van der Waals surface area contributed by atoms with Gasteiger partial charge in [-0.1, -0.05) is 6.92 Å². The molecule has 8 nitrogen and oxygen atoms in total. The highest BCUT2D eigenvalue weighted by atomic mass is 31.3. The Morgan fingerprint density at radius 2 is 1.73 bits per heavy atom. The highest BCUT2D eigenvalue weighted by Crippen LogP contribution is 2.58. The second-order valence-corrected chi connectivity index (χ2v) is 5.24. The number of phosphoric acid groups is 2. The van der Waals surface area contributed by atoms with Crippen LogP contribution in [0.15, 0.2) is 11.5 Å². The van der Waals surface area contributed by atoms with Crippen LogP contribution < -0.4 is 0 Å². The van der Waals surface area contributed by atoms with E-state index in [0.717, 1.165) is 6.92 Å². The molecule has 0 aliphatic carbocycles. The van der Waals surface area contributed by atoms with Crippen molar-refractivity contribution in [3.8, 4) is 0 Å². The van der Waals surface area contributed by atoms with Crippen molar-refractivity contribution < 1.29 is 37.8 Å². The molecule has 0 bridgehead atoms. The summed E-state index contributed by atoms with van der Waals surface area (Å²) >= 11 is 0. The van der Waals surface area contributed by atoms with Crippen molar-refractivity contribution in [1.29, 1.82) is 0 Å². The van der Waals surface area contributed by atoms with Gasteiger partial charge in [-0.25, -0.2) is 9.13 Å². The molecule has 0 saturated carbocycles. The van der Waals surface area contributed by atoms with Gasteiger partial charge >= 0.3 is 15.6 Å². The molecular formula is C5H12O8P2. The van der Waals surface area contributed by atoms with E-state index in [2.05, 4.69) is 8.83 Å². The number of hydrogen-bond donors (Lipinski definition) is 4. The Kier molecular flexibility index (Phi) is 4.99. The van der Waals surface area contributed by atoms with Gasteiger partial charge in [-0.3, -0.25) is 4.89 Å². The zero-order chi connectivity index (χ0) is 12.3. The van der Waals surface area contributed by atoms with Gasteiger partial charge in [-0.2, -0.15) is 4.31 Å². The van der Waals surface area contributed by atoms with Gasteiger partial charge in [0.25, 0.3) is 0 Å². The molecule has 1 unspecified atom stereocenters. The standard InChI is InChI=1S/C5H12O8P2/c1-3-5(6)4(2)12-15(10,11)13-14(7,8)9/h6H,3H2,1-2H3,(H,10,11)(H2,7,8,9). The highest BCUT2D eigenvalue weighted by molar-refractivity contribution is 7.60. The SMILES string of the molecule is CCC(O)=C(C)OP(=O)(O)OP(=O)(O)O. The summed E-state index contributed by atoms with van der Waals surface area (Å²) in [4.78, 5) is 25.4. The van der Waals surface area contributed by atoms with E-state index in [1.807, 2.05) is 0 Å². The van der Waals surface area contributed by atoms with E-state index < -0.39 is 15.6 Å². The molecule has 0 saturated heterocycles. The third kappa shape index (κ3) is 6.67. The van der Waals surface area contributed by atoms with Crippen molar-refractivity contribution in [2.75, 3.05) is 0 Å². The molecule has 0 spiro atoms. The van der Waals surface area contributed by atoms with E-state index in [0.29, 0.717) is 0 Å². The quantitative estimate of drug-likeness (QED) is 0.431. The number of allylic oxidation sites excluding steroid dienone is 2. The lowest BCUT2D eigenvalue weighted by Crippen LogP contribution is -1.95. The van der Waals surface area contributed by atoms with Crippen molar-refractivity contribution in [2.45, 2.75) is 20.3 Å². The van der Waals surface area contributed by atoms with Gasteiger partial charge in [0.1, 0.15) is 11.5 Å². The zero-order valence-electron chi connectivity index (χ0n) is 8.02. The van der Waals surface area contributed by atoms with E-state index in [1.54, 1.807) is 6.92 Å². The van der Waals surface area contributed by atoms with Crippen molar-refractivity contribution in [3.05, 3.63) is 11.5 Å². The van der Waals surface area contributed by atoms with Gasteiger partial charge < -0.3 is 19.4 Å². The van der Waals surface area contributed by atoms with Crippen LogP contribution in [0.25, 0.3) is 0 Å². The van der Waals surface area contributed by atoms with Crippen LogP contribution in [0.3, 0.4) is 0 Å². The van der Waals surface area contributed by atoms with Crippen LogP contribution in [0.5, 0.6) is 0 Å². The maximum absolute atomic E-state index is 10.9. The predicted molar refractivity (Wildman–Crippen MR) is 49.7 cm³/mol. The lowest BCUT2D eigenvalue weighted by molar-refractivity contribution is 0.200. The molecule has 0 aliphatic rings. The number of aliphatic hydroxyl groups is 1. The molecule has 4 N–H and O–H groups in total. The molecule has 10 heteroatoms. The fraction of sp³-hybridized carbons (Fsp3) is 0.600. The summed E-state index contributed by atoms with van der Waals surface area (Å²) in [5.41, 5.74) is 0. The Morgan fingerprint density at radius 3 is 2.07 bits per heavy atom. The number of aliphatic hydroxyl groups excluding tert-OH is 1. The van der Waals surface area contributed by atoms with Gasteiger partial charge in [0.2, 0.25) is 0 Å². The van der Waals surface area contributed by atoms with Crippen LogP contribution in [0.2, 0.25) is 0 Å². The molecule has 15 heavy (non-hydrogen) atoms. The Balaban J connectivity index is 4.67. The summed E-state index contributed by atoms with van der Waals surface area (Å²) in [5.74, 6) is -0.657. The van der Waals surface area contributed by atoms with Crippen molar-refractivity contribution in [1.82, 2.24) is 0 Å². The molecular weight excluding hydrogens is 250 g/mol. The van der Waals surface area contributed by atoms with E-state index in [4.69, 9.17) is 19.8 Å². The summed E-state index contributed by atoms with van der Waals surface area (Å²) in [6, 6.07) is 0. The molecule has 0 radical (unpaired) electrons. The Morgan fingerprint density at radius 1 is 1.27 bits per heavy atom. The first-order valence-corrected chi connectivity index (χ1v) is 6.78. The monoisotopic (exact) mass is 262 g/mol. The van der Waals surface area contributed by atoms with Gasteiger partial charge in [0.15, 0.2) is 0 Å². The Bertz CT molecular complexity index is 341. The molecule has 0 amide bonds. The lowest BCUT2D eigenvalue weighted by Gasteiger charge is -2.14. The minimum absolute atomic E-state index is 0.141. The van der Waals surface area contributed by atoms with E-state index in [9.17, 15) is 9.13 Å². The smallest absolute Gasteiger partial charge is 0.509 e. The maximum Gasteiger partial charge on any atom is 0.536 e. The van der Waals surface area contributed by atoms with Crippen LogP contribution >= 0.6 is 15.6 Å². The summed E-state index contributed by atoms with van der Waals surface area (Å²) < 4.78 is 28.9. The number of hydrogen-bond acceptors (Lipinski definition) is 5. The van der Waals surface area contributed by atoms with Crippen molar-refractivity contribution in [3.63, 3.8) is 0 Å². The zero-order valence-corrected chi connectivity index (χ0v) is 9.81. The first kappa shape index (κ1) is 14.6. The fourth-order valence-electron chi connectivity index (χ4n) is 0.626. The van der Waals surface area contributed by atoms with Gasteiger partial charge in [0, 0.05) is 6.42 Å². The van der Waals surface area contributed by atoms with E-state index in [-0.39, 0.29) is 17.9 Å². The minimum atomic E-state index is -5.12. The Labute approximate surface area is 86.0 Å². The average Bonchev–Trinajstić information content (AvgIpc) is 1.96. The minimum Gasteiger partial charge on any atom is -0.509 e. The molecule has 0 heterocycles. The van der Waals surface area contributed by atoms with Crippen LogP contribution in [0.1, 0.15) is 20.3 Å². The van der Waals surface area contributed by atoms with Gasteiger partial charge in [-0.05, 0) is 6.92 Å². The van der Waals surface area contributed by atoms with E-state index in [1.165, 1.54) is 0 Å².